The van der Waals surface area contributed by atoms with Gasteiger partial charge in [-0.3, -0.25) is 4.79 Å². The van der Waals surface area contributed by atoms with Crippen molar-refractivity contribution < 1.29 is 19.7 Å². The van der Waals surface area contributed by atoms with Crippen molar-refractivity contribution in [1.82, 2.24) is 0 Å². The number of hydrogen-bond acceptors (Lipinski definition) is 3. The standard InChI is InChI=1S/C13H21ClO4/c1-9(2)3-4-10-6-13(17,8-14)7-11(18-10)5-12(15)16/h10-11,17H,1,3-8H2,2H3,(H,15,16). The summed E-state index contributed by atoms with van der Waals surface area (Å²) in [5, 5.41) is 19.1. The van der Waals surface area contributed by atoms with Crippen LogP contribution in [0.1, 0.15) is 39.0 Å². The van der Waals surface area contributed by atoms with Crippen LogP contribution in [-0.2, 0) is 9.53 Å². The fraction of sp³-hybridized carbons (Fsp3) is 0.769. The molecule has 0 saturated carbocycles. The van der Waals surface area contributed by atoms with Gasteiger partial charge in [0.2, 0.25) is 0 Å². The summed E-state index contributed by atoms with van der Waals surface area (Å²) in [6.07, 6.45) is 1.58. The Labute approximate surface area is 113 Å². The number of carboxylic acids is 1. The minimum absolute atomic E-state index is 0.0945. The van der Waals surface area contributed by atoms with E-state index in [0.29, 0.717) is 6.42 Å². The van der Waals surface area contributed by atoms with Crippen molar-refractivity contribution in [2.24, 2.45) is 0 Å². The van der Waals surface area contributed by atoms with Crippen LogP contribution in [-0.4, -0.2) is 39.9 Å². The third-order valence-electron chi connectivity index (χ3n) is 3.14. The topological polar surface area (TPSA) is 66.8 Å². The number of aliphatic hydroxyl groups is 1. The number of allylic oxidation sites excluding steroid dienone is 1. The van der Waals surface area contributed by atoms with E-state index >= 15 is 0 Å². The Kier molecular flexibility index (Phi) is 5.63. The van der Waals surface area contributed by atoms with E-state index in [4.69, 9.17) is 21.4 Å². The second-order valence-corrected chi connectivity index (χ2v) is 5.51. The molecule has 104 valence electrons. The zero-order valence-corrected chi connectivity index (χ0v) is 11.4. The molecule has 1 rings (SSSR count). The Morgan fingerprint density at radius 3 is 2.61 bits per heavy atom. The molecule has 4 nitrogen and oxygen atoms in total. The molecule has 1 heterocycles. The van der Waals surface area contributed by atoms with Crippen molar-refractivity contribution in [2.45, 2.75) is 56.8 Å². The summed E-state index contributed by atoms with van der Waals surface area (Å²) >= 11 is 5.78. The lowest BCUT2D eigenvalue weighted by Crippen LogP contribution is -2.47. The summed E-state index contributed by atoms with van der Waals surface area (Å²) in [5.41, 5.74) is 0.0352. The number of rotatable bonds is 6. The fourth-order valence-electron chi connectivity index (χ4n) is 2.30. The zero-order chi connectivity index (χ0) is 13.8. The molecule has 1 aliphatic rings. The monoisotopic (exact) mass is 276 g/mol. The Morgan fingerprint density at radius 2 is 2.11 bits per heavy atom. The van der Waals surface area contributed by atoms with Gasteiger partial charge in [-0.05, 0) is 19.8 Å². The van der Waals surface area contributed by atoms with Crippen molar-refractivity contribution in [2.75, 3.05) is 5.88 Å². The molecule has 18 heavy (non-hydrogen) atoms. The van der Waals surface area contributed by atoms with Crippen LogP contribution in [0.2, 0.25) is 0 Å². The van der Waals surface area contributed by atoms with E-state index in [1.807, 2.05) is 6.92 Å². The SMILES string of the molecule is C=C(C)CCC1CC(O)(CCl)CC(CC(=O)O)O1. The van der Waals surface area contributed by atoms with E-state index in [2.05, 4.69) is 6.58 Å². The minimum Gasteiger partial charge on any atom is -0.481 e. The van der Waals surface area contributed by atoms with Crippen LogP contribution in [0, 0.1) is 0 Å². The summed E-state index contributed by atoms with van der Waals surface area (Å²) in [5.74, 6) is -0.812. The van der Waals surface area contributed by atoms with Gasteiger partial charge < -0.3 is 14.9 Å². The van der Waals surface area contributed by atoms with Crippen molar-refractivity contribution in [3.05, 3.63) is 12.2 Å². The fourth-order valence-corrected chi connectivity index (χ4v) is 2.52. The summed E-state index contributed by atoms with van der Waals surface area (Å²) in [7, 11) is 0. The first-order chi connectivity index (χ1) is 8.34. The molecule has 1 saturated heterocycles. The van der Waals surface area contributed by atoms with Gasteiger partial charge in [0.1, 0.15) is 0 Å². The molecule has 1 aliphatic heterocycles. The first kappa shape index (κ1) is 15.5. The second kappa shape index (κ2) is 6.55. The van der Waals surface area contributed by atoms with E-state index < -0.39 is 17.7 Å². The molecular formula is C13H21ClO4. The van der Waals surface area contributed by atoms with Crippen LogP contribution >= 0.6 is 11.6 Å². The third kappa shape index (κ3) is 4.96. The number of halogens is 1. The van der Waals surface area contributed by atoms with Gasteiger partial charge in [0.25, 0.3) is 0 Å². The number of alkyl halides is 1. The van der Waals surface area contributed by atoms with Gasteiger partial charge in [-0.2, -0.15) is 0 Å². The number of hydrogen-bond donors (Lipinski definition) is 2. The molecule has 5 heteroatoms. The van der Waals surface area contributed by atoms with Gasteiger partial charge in [-0.1, -0.05) is 5.57 Å². The van der Waals surface area contributed by atoms with Crippen molar-refractivity contribution in [3.63, 3.8) is 0 Å². The van der Waals surface area contributed by atoms with Crippen molar-refractivity contribution in [1.29, 1.82) is 0 Å². The molecule has 3 atom stereocenters. The van der Waals surface area contributed by atoms with Crippen LogP contribution in [0.4, 0.5) is 0 Å². The van der Waals surface area contributed by atoms with Crippen molar-refractivity contribution in [3.8, 4) is 0 Å². The predicted octanol–water partition coefficient (Wildman–Crippen LogP) is 2.33. The molecule has 0 aromatic rings. The highest BCUT2D eigenvalue weighted by Crippen LogP contribution is 2.33. The third-order valence-corrected chi connectivity index (χ3v) is 3.64. The van der Waals surface area contributed by atoms with Gasteiger partial charge >= 0.3 is 5.97 Å². The average Bonchev–Trinajstić information content (AvgIpc) is 2.25. The lowest BCUT2D eigenvalue weighted by atomic mass is 9.86. The first-order valence-electron chi connectivity index (χ1n) is 6.14. The highest BCUT2D eigenvalue weighted by Gasteiger charge is 2.39. The summed E-state index contributed by atoms with van der Waals surface area (Å²) < 4.78 is 5.70. The van der Waals surface area contributed by atoms with E-state index in [9.17, 15) is 9.90 Å². The van der Waals surface area contributed by atoms with Crippen LogP contribution in [0.3, 0.4) is 0 Å². The van der Waals surface area contributed by atoms with Crippen LogP contribution < -0.4 is 0 Å². The van der Waals surface area contributed by atoms with Gasteiger partial charge in [0.05, 0.1) is 30.1 Å². The maximum absolute atomic E-state index is 10.7. The molecule has 0 amide bonds. The lowest BCUT2D eigenvalue weighted by Gasteiger charge is -2.40. The van der Waals surface area contributed by atoms with E-state index in [1.54, 1.807) is 0 Å². The molecule has 0 aromatic heterocycles. The van der Waals surface area contributed by atoms with Gasteiger partial charge in [-0.15, -0.1) is 18.2 Å². The van der Waals surface area contributed by atoms with Crippen LogP contribution in [0.25, 0.3) is 0 Å². The smallest absolute Gasteiger partial charge is 0.305 e. The Balaban J connectivity index is 2.62. The summed E-state index contributed by atoms with van der Waals surface area (Å²) in [6.45, 7) is 5.76. The number of ether oxygens (including phenoxy) is 1. The largest absolute Gasteiger partial charge is 0.481 e. The highest BCUT2D eigenvalue weighted by atomic mass is 35.5. The molecule has 2 N–H and O–H groups in total. The Hall–Kier alpha value is -0.580. The number of carbonyl (C=O) groups is 1. The summed E-state index contributed by atoms with van der Waals surface area (Å²) in [4.78, 5) is 10.7. The zero-order valence-electron chi connectivity index (χ0n) is 10.7. The predicted molar refractivity (Wildman–Crippen MR) is 69.9 cm³/mol. The quantitative estimate of drug-likeness (QED) is 0.577. The summed E-state index contributed by atoms with van der Waals surface area (Å²) in [6, 6.07) is 0. The number of carboxylic acid groups (broad SMARTS) is 1. The average molecular weight is 277 g/mol. The maximum atomic E-state index is 10.7. The van der Waals surface area contributed by atoms with Gasteiger partial charge in [-0.25, -0.2) is 0 Å². The van der Waals surface area contributed by atoms with Gasteiger partial charge in [0.15, 0.2) is 0 Å². The normalized spacial score (nSPS) is 32.2. The van der Waals surface area contributed by atoms with Crippen LogP contribution in [0.5, 0.6) is 0 Å². The highest BCUT2D eigenvalue weighted by molar-refractivity contribution is 6.18. The molecule has 0 aliphatic carbocycles. The molecule has 3 unspecified atom stereocenters. The molecule has 0 aromatic carbocycles. The molecule has 0 radical (unpaired) electrons. The van der Waals surface area contributed by atoms with Crippen molar-refractivity contribution >= 4 is 17.6 Å². The van der Waals surface area contributed by atoms with E-state index in [1.165, 1.54) is 0 Å². The van der Waals surface area contributed by atoms with E-state index in [-0.39, 0.29) is 24.8 Å². The van der Waals surface area contributed by atoms with Gasteiger partial charge in [0, 0.05) is 12.8 Å². The maximum Gasteiger partial charge on any atom is 0.305 e. The minimum atomic E-state index is -1.01. The Bertz CT molecular complexity index is 318. The first-order valence-corrected chi connectivity index (χ1v) is 6.68. The molecule has 0 bridgehead atoms. The molecule has 0 spiro atoms. The molecule has 1 fully saturated rings. The number of aliphatic carboxylic acids is 1. The van der Waals surface area contributed by atoms with Crippen LogP contribution in [0.15, 0.2) is 12.2 Å². The van der Waals surface area contributed by atoms with E-state index in [0.717, 1.165) is 18.4 Å². The lowest BCUT2D eigenvalue weighted by molar-refractivity contribution is -0.156. The molecular weight excluding hydrogens is 256 g/mol. The second-order valence-electron chi connectivity index (χ2n) is 5.24. The Morgan fingerprint density at radius 1 is 1.50 bits per heavy atom.